The van der Waals surface area contributed by atoms with E-state index in [1.165, 1.54) is 0 Å². The fourth-order valence-corrected chi connectivity index (χ4v) is 2.46. The Balaban J connectivity index is 1.75. The van der Waals surface area contributed by atoms with Gasteiger partial charge in [-0.2, -0.15) is 5.26 Å². The molecule has 0 saturated carbocycles. The molecular formula is C20H18N4O2. The quantitative estimate of drug-likeness (QED) is 0.671. The summed E-state index contributed by atoms with van der Waals surface area (Å²) in [6.07, 6.45) is 1.76. The second-order valence-corrected chi connectivity index (χ2v) is 5.58. The number of likely N-dealkylation sites (N-methyl/N-ethyl adjacent to an activating group) is 1. The summed E-state index contributed by atoms with van der Waals surface area (Å²) >= 11 is 0. The van der Waals surface area contributed by atoms with Gasteiger partial charge >= 0.3 is 0 Å². The van der Waals surface area contributed by atoms with Gasteiger partial charge in [-0.1, -0.05) is 24.3 Å². The van der Waals surface area contributed by atoms with Gasteiger partial charge in [0, 0.05) is 6.54 Å². The predicted octanol–water partition coefficient (Wildman–Crippen LogP) is 3.14. The number of nitrogens with zero attached hydrogens (tertiary/aromatic N) is 2. The Morgan fingerprint density at radius 3 is 2.73 bits per heavy atom. The second kappa shape index (κ2) is 7.99. The molecule has 0 aliphatic carbocycles. The first-order valence-electron chi connectivity index (χ1n) is 8.26. The van der Waals surface area contributed by atoms with Crippen LogP contribution >= 0.6 is 0 Å². The van der Waals surface area contributed by atoms with Crippen LogP contribution in [0, 0.1) is 11.3 Å². The van der Waals surface area contributed by atoms with Gasteiger partial charge < -0.3 is 15.0 Å². The zero-order chi connectivity index (χ0) is 18.4. The van der Waals surface area contributed by atoms with Crippen molar-refractivity contribution < 1.29 is 9.53 Å². The first-order valence-corrected chi connectivity index (χ1v) is 8.26. The number of aromatic nitrogens is 2. The molecule has 2 aromatic carbocycles. The van der Waals surface area contributed by atoms with Crippen LogP contribution < -0.4 is 10.1 Å². The molecule has 26 heavy (non-hydrogen) atoms. The zero-order valence-corrected chi connectivity index (χ0v) is 14.3. The van der Waals surface area contributed by atoms with Crippen molar-refractivity contribution in [1.29, 1.82) is 5.26 Å². The molecule has 1 aromatic heterocycles. The van der Waals surface area contributed by atoms with Crippen LogP contribution in [0.3, 0.4) is 0 Å². The Labute approximate surface area is 151 Å². The Kier molecular flexibility index (Phi) is 5.30. The number of nitriles is 1. The van der Waals surface area contributed by atoms with E-state index in [9.17, 15) is 10.1 Å². The summed E-state index contributed by atoms with van der Waals surface area (Å²) in [5.41, 5.74) is 2.99. The van der Waals surface area contributed by atoms with Crippen molar-refractivity contribution in [2.24, 2.45) is 0 Å². The number of carbonyl (C=O) groups is 1. The lowest BCUT2D eigenvalue weighted by Crippen LogP contribution is -2.28. The van der Waals surface area contributed by atoms with Crippen molar-refractivity contribution in [3.05, 3.63) is 59.9 Å². The largest absolute Gasteiger partial charge is 0.484 e. The topological polar surface area (TPSA) is 90.8 Å². The van der Waals surface area contributed by atoms with E-state index in [1.807, 2.05) is 43.3 Å². The number of allylic oxidation sites excluding steroid dienone is 1. The Hall–Kier alpha value is -3.59. The van der Waals surface area contributed by atoms with Crippen LogP contribution in [0.2, 0.25) is 0 Å². The zero-order valence-electron chi connectivity index (χ0n) is 14.3. The minimum absolute atomic E-state index is 0.0224. The number of ether oxygens (including phenoxy) is 1. The highest BCUT2D eigenvalue weighted by atomic mass is 16.5. The normalized spacial score (nSPS) is 11.2. The van der Waals surface area contributed by atoms with Crippen LogP contribution in [0.1, 0.15) is 18.3 Å². The second-order valence-electron chi connectivity index (χ2n) is 5.58. The SMILES string of the molecule is CCNC(=O)COc1ccc(C=C(C#N)c2nc3ccccc3[nH]2)cc1. The Morgan fingerprint density at radius 1 is 1.27 bits per heavy atom. The van der Waals surface area contributed by atoms with E-state index in [0.29, 0.717) is 23.7 Å². The van der Waals surface area contributed by atoms with Crippen molar-refractivity contribution in [2.75, 3.05) is 13.2 Å². The molecule has 3 rings (SSSR count). The van der Waals surface area contributed by atoms with Crippen molar-refractivity contribution in [3.8, 4) is 11.8 Å². The summed E-state index contributed by atoms with van der Waals surface area (Å²) in [5, 5.41) is 12.1. The van der Waals surface area contributed by atoms with Gasteiger partial charge in [0.15, 0.2) is 6.61 Å². The maximum absolute atomic E-state index is 11.4. The van der Waals surface area contributed by atoms with Crippen LogP contribution in [-0.2, 0) is 4.79 Å². The number of fused-ring (bicyclic) bond motifs is 1. The predicted molar refractivity (Wildman–Crippen MR) is 100 cm³/mol. The first-order chi connectivity index (χ1) is 12.7. The molecule has 6 nitrogen and oxygen atoms in total. The van der Waals surface area contributed by atoms with Crippen LogP contribution in [0.15, 0.2) is 48.5 Å². The van der Waals surface area contributed by atoms with Crippen LogP contribution in [-0.4, -0.2) is 29.0 Å². The average molecular weight is 346 g/mol. The van der Waals surface area contributed by atoms with Gasteiger partial charge in [0.05, 0.1) is 16.6 Å². The van der Waals surface area contributed by atoms with E-state index in [0.717, 1.165) is 16.6 Å². The standard InChI is InChI=1S/C20H18N4O2/c1-2-22-19(25)13-26-16-9-7-14(8-10-16)11-15(12-21)20-23-17-5-3-4-6-18(17)24-20/h3-11H,2,13H2,1H3,(H,22,25)(H,23,24). The van der Waals surface area contributed by atoms with Gasteiger partial charge in [-0.3, -0.25) is 4.79 Å². The Morgan fingerprint density at radius 2 is 2.04 bits per heavy atom. The molecular weight excluding hydrogens is 328 g/mol. The summed E-state index contributed by atoms with van der Waals surface area (Å²) < 4.78 is 5.41. The monoisotopic (exact) mass is 346 g/mol. The summed E-state index contributed by atoms with van der Waals surface area (Å²) in [6.45, 7) is 2.41. The minimum atomic E-state index is -0.159. The third-order valence-electron chi connectivity index (χ3n) is 3.70. The smallest absolute Gasteiger partial charge is 0.257 e. The first kappa shape index (κ1) is 17.2. The summed E-state index contributed by atoms with van der Waals surface area (Å²) in [4.78, 5) is 19.0. The molecule has 0 radical (unpaired) electrons. The number of para-hydroxylation sites is 2. The average Bonchev–Trinajstić information content (AvgIpc) is 3.09. The van der Waals surface area contributed by atoms with Gasteiger partial charge in [0.1, 0.15) is 17.6 Å². The number of benzene rings is 2. The molecule has 0 unspecified atom stereocenters. The number of carbonyl (C=O) groups excluding carboxylic acids is 1. The number of rotatable bonds is 6. The number of amides is 1. The summed E-state index contributed by atoms with van der Waals surface area (Å²) in [6, 6.07) is 17.0. The molecule has 0 aliphatic rings. The van der Waals surface area contributed by atoms with Crippen LogP contribution in [0.25, 0.3) is 22.7 Å². The highest BCUT2D eigenvalue weighted by molar-refractivity contribution is 5.90. The summed E-state index contributed by atoms with van der Waals surface area (Å²) in [7, 11) is 0. The van der Waals surface area contributed by atoms with Crippen molar-refractivity contribution in [3.63, 3.8) is 0 Å². The maximum atomic E-state index is 11.4. The van der Waals surface area contributed by atoms with Gasteiger partial charge in [-0.15, -0.1) is 0 Å². The summed E-state index contributed by atoms with van der Waals surface area (Å²) in [5.74, 6) is 0.967. The van der Waals surface area contributed by atoms with E-state index in [-0.39, 0.29) is 12.5 Å². The molecule has 0 atom stereocenters. The van der Waals surface area contributed by atoms with Crippen molar-refractivity contribution in [2.45, 2.75) is 6.92 Å². The molecule has 3 aromatic rings. The molecule has 0 spiro atoms. The molecule has 0 saturated heterocycles. The van der Waals surface area contributed by atoms with Gasteiger partial charge in [0.25, 0.3) is 5.91 Å². The molecule has 0 aliphatic heterocycles. The number of nitrogens with one attached hydrogen (secondary N) is 2. The fourth-order valence-electron chi connectivity index (χ4n) is 2.46. The van der Waals surface area contributed by atoms with Gasteiger partial charge in [-0.25, -0.2) is 4.98 Å². The molecule has 130 valence electrons. The number of H-pyrrole nitrogens is 1. The molecule has 0 fully saturated rings. The molecule has 2 N–H and O–H groups in total. The molecule has 6 heteroatoms. The van der Waals surface area contributed by atoms with Crippen LogP contribution in [0.4, 0.5) is 0 Å². The van der Waals surface area contributed by atoms with Crippen molar-refractivity contribution >= 4 is 28.6 Å². The lowest BCUT2D eigenvalue weighted by Gasteiger charge is -2.06. The van der Waals surface area contributed by atoms with E-state index in [1.54, 1.807) is 18.2 Å². The lowest BCUT2D eigenvalue weighted by atomic mass is 10.1. The maximum Gasteiger partial charge on any atom is 0.257 e. The van der Waals surface area contributed by atoms with Gasteiger partial charge in [0.2, 0.25) is 0 Å². The number of hydrogen-bond acceptors (Lipinski definition) is 4. The molecule has 0 bridgehead atoms. The number of aromatic amines is 1. The third kappa shape index (κ3) is 4.08. The van der Waals surface area contributed by atoms with Gasteiger partial charge in [-0.05, 0) is 42.8 Å². The molecule has 1 amide bonds. The van der Waals surface area contributed by atoms with E-state index in [4.69, 9.17) is 4.74 Å². The number of hydrogen-bond donors (Lipinski definition) is 2. The highest BCUT2D eigenvalue weighted by Crippen LogP contribution is 2.20. The Bertz CT molecular complexity index is 948. The van der Waals surface area contributed by atoms with Crippen molar-refractivity contribution in [1.82, 2.24) is 15.3 Å². The third-order valence-corrected chi connectivity index (χ3v) is 3.70. The minimum Gasteiger partial charge on any atom is -0.484 e. The fraction of sp³-hybridized carbons (Fsp3) is 0.150. The highest BCUT2D eigenvalue weighted by Gasteiger charge is 2.08. The number of imidazole rings is 1. The van der Waals surface area contributed by atoms with Crippen LogP contribution in [0.5, 0.6) is 5.75 Å². The van der Waals surface area contributed by atoms with E-state index >= 15 is 0 Å². The van der Waals surface area contributed by atoms with E-state index < -0.39 is 0 Å². The van der Waals surface area contributed by atoms with E-state index in [2.05, 4.69) is 21.4 Å². The molecule has 1 heterocycles. The lowest BCUT2D eigenvalue weighted by molar-refractivity contribution is -0.122.